The summed E-state index contributed by atoms with van der Waals surface area (Å²) in [5.74, 6) is -2.70. The Morgan fingerprint density at radius 2 is 1.48 bits per heavy atom. The van der Waals surface area contributed by atoms with Crippen LogP contribution in [0, 0.1) is 0 Å². The van der Waals surface area contributed by atoms with Gasteiger partial charge in [-0.25, -0.2) is 9.59 Å². The van der Waals surface area contributed by atoms with Crippen molar-refractivity contribution in [2.24, 2.45) is 0 Å². The summed E-state index contributed by atoms with van der Waals surface area (Å²) in [6, 6.07) is 15.6. The maximum absolute atomic E-state index is 11.8. The van der Waals surface area contributed by atoms with E-state index in [1.807, 2.05) is 67.3 Å². The number of halogens is 1. The van der Waals surface area contributed by atoms with E-state index in [1.54, 1.807) is 0 Å². The topological polar surface area (TPSA) is 104 Å². The molecule has 0 atom stereocenters. The molecule has 0 heterocycles. The highest BCUT2D eigenvalue weighted by Crippen LogP contribution is 2.27. The minimum absolute atomic E-state index is 0.191. The predicted molar refractivity (Wildman–Crippen MR) is 119 cm³/mol. The third-order valence-electron chi connectivity index (χ3n) is 4.15. The molecule has 2 aromatic carbocycles. The van der Waals surface area contributed by atoms with Crippen LogP contribution < -0.4 is 0 Å². The van der Waals surface area contributed by atoms with Crippen molar-refractivity contribution in [2.75, 3.05) is 19.6 Å². The number of esters is 1. The van der Waals surface area contributed by atoms with Crippen LogP contribution in [-0.2, 0) is 25.7 Å². The van der Waals surface area contributed by atoms with Crippen molar-refractivity contribution in [3.8, 4) is 11.1 Å². The van der Waals surface area contributed by atoms with E-state index in [0.717, 1.165) is 34.8 Å². The van der Waals surface area contributed by atoms with Crippen molar-refractivity contribution < 1.29 is 29.3 Å². The third kappa shape index (κ3) is 10.4. The predicted octanol–water partition coefficient (Wildman–Crippen LogP) is 4.10. The van der Waals surface area contributed by atoms with Crippen molar-refractivity contribution in [2.45, 2.75) is 20.5 Å². The minimum Gasteiger partial charge on any atom is -0.478 e. The number of nitrogens with zero attached hydrogens (tertiary/aromatic N) is 1. The summed E-state index contributed by atoms with van der Waals surface area (Å²) in [4.78, 5) is 32.9. The van der Waals surface area contributed by atoms with Crippen LogP contribution in [0.3, 0.4) is 0 Å². The lowest BCUT2D eigenvalue weighted by molar-refractivity contribution is -0.146. The number of hydrogen-bond acceptors (Lipinski definition) is 5. The van der Waals surface area contributed by atoms with Crippen LogP contribution >= 0.6 is 11.6 Å². The monoisotopic (exact) mass is 447 g/mol. The van der Waals surface area contributed by atoms with Gasteiger partial charge in [-0.2, -0.15) is 0 Å². The first-order valence-corrected chi connectivity index (χ1v) is 10.00. The Hall–Kier alpha value is -3.16. The van der Waals surface area contributed by atoms with E-state index in [4.69, 9.17) is 26.6 Å². The first-order chi connectivity index (χ1) is 14.8. The van der Waals surface area contributed by atoms with E-state index in [0.29, 0.717) is 25.3 Å². The molecule has 0 aliphatic heterocycles. The van der Waals surface area contributed by atoms with Gasteiger partial charge >= 0.3 is 17.9 Å². The smallest absolute Gasteiger partial charge is 0.328 e. The van der Waals surface area contributed by atoms with E-state index in [2.05, 4.69) is 0 Å². The van der Waals surface area contributed by atoms with Crippen molar-refractivity contribution in [3.05, 3.63) is 71.3 Å². The molecule has 166 valence electrons. The summed E-state index contributed by atoms with van der Waals surface area (Å²) >= 11 is 6.20. The Kier molecular flexibility index (Phi) is 11.6. The van der Waals surface area contributed by atoms with Crippen LogP contribution in [0.1, 0.15) is 19.4 Å². The van der Waals surface area contributed by atoms with E-state index in [9.17, 15) is 14.4 Å². The molecular weight excluding hydrogens is 422 g/mol. The number of carbonyl (C=O) groups is 3. The van der Waals surface area contributed by atoms with Crippen LogP contribution in [0.2, 0.25) is 5.02 Å². The van der Waals surface area contributed by atoms with E-state index < -0.39 is 11.9 Å². The summed E-state index contributed by atoms with van der Waals surface area (Å²) < 4.78 is 5.32. The molecule has 0 radical (unpaired) electrons. The highest BCUT2D eigenvalue weighted by atomic mass is 35.5. The lowest BCUT2D eigenvalue weighted by Crippen LogP contribution is -2.30. The highest BCUT2D eigenvalue weighted by Gasteiger charge is 2.09. The van der Waals surface area contributed by atoms with Gasteiger partial charge in [0.25, 0.3) is 0 Å². The Labute approximate surface area is 186 Å². The maximum Gasteiger partial charge on any atom is 0.328 e. The molecule has 2 N–H and O–H groups in total. The molecule has 7 nitrogen and oxygen atoms in total. The Morgan fingerprint density at radius 3 is 1.97 bits per heavy atom. The average Bonchev–Trinajstić information content (AvgIpc) is 2.76. The largest absolute Gasteiger partial charge is 0.478 e. The van der Waals surface area contributed by atoms with Crippen molar-refractivity contribution in [3.63, 3.8) is 0 Å². The molecule has 0 amide bonds. The van der Waals surface area contributed by atoms with Gasteiger partial charge in [0.05, 0.1) is 6.54 Å². The van der Waals surface area contributed by atoms with Gasteiger partial charge in [-0.15, -0.1) is 0 Å². The Morgan fingerprint density at radius 1 is 0.935 bits per heavy atom. The molecule has 31 heavy (non-hydrogen) atoms. The molecule has 0 fully saturated rings. The van der Waals surface area contributed by atoms with Crippen molar-refractivity contribution in [1.29, 1.82) is 0 Å². The number of rotatable bonds is 9. The SMILES string of the molecule is CCN(CC)CC(=O)OCc1ccc(-c2ccccc2Cl)cc1.O=C(O)/C=C/C(=O)O. The molecule has 0 bridgehead atoms. The van der Waals surface area contributed by atoms with Crippen molar-refractivity contribution in [1.82, 2.24) is 4.90 Å². The first-order valence-electron chi connectivity index (χ1n) is 9.62. The molecule has 0 aliphatic carbocycles. The lowest BCUT2D eigenvalue weighted by atomic mass is 10.0. The molecule has 0 unspecified atom stereocenters. The van der Waals surface area contributed by atoms with Gasteiger partial charge in [0, 0.05) is 22.7 Å². The fraction of sp³-hybridized carbons (Fsp3) is 0.261. The fourth-order valence-electron chi connectivity index (χ4n) is 2.46. The molecule has 0 spiro atoms. The van der Waals surface area contributed by atoms with E-state index in [-0.39, 0.29) is 5.97 Å². The maximum atomic E-state index is 11.8. The van der Waals surface area contributed by atoms with Crippen LogP contribution in [0.4, 0.5) is 0 Å². The second-order valence-corrected chi connectivity index (χ2v) is 6.72. The zero-order valence-electron chi connectivity index (χ0n) is 17.5. The molecule has 2 rings (SSSR count). The number of carbonyl (C=O) groups excluding carboxylic acids is 1. The molecule has 0 saturated carbocycles. The van der Waals surface area contributed by atoms with E-state index >= 15 is 0 Å². The van der Waals surface area contributed by atoms with Gasteiger partial charge in [0.1, 0.15) is 6.61 Å². The van der Waals surface area contributed by atoms with Gasteiger partial charge in [-0.05, 0) is 30.3 Å². The zero-order chi connectivity index (χ0) is 23.2. The summed E-state index contributed by atoms with van der Waals surface area (Å²) in [6.07, 6.45) is 1.12. The zero-order valence-corrected chi connectivity index (χ0v) is 18.2. The van der Waals surface area contributed by atoms with Gasteiger partial charge in [0.2, 0.25) is 0 Å². The minimum atomic E-state index is -1.26. The second-order valence-electron chi connectivity index (χ2n) is 6.31. The number of hydrogen-bond donors (Lipinski definition) is 2. The molecule has 2 aromatic rings. The quantitative estimate of drug-likeness (QED) is 0.440. The number of aliphatic carboxylic acids is 2. The normalized spacial score (nSPS) is 10.5. The molecule has 8 heteroatoms. The molecule has 0 saturated heterocycles. The fourth-order valence-corrected chi connectivity index (χ4v) is 2.70. The Bertz CT molecular complexity index is 875. The summed E-state index contributed by atoms with van der Waals surface area (Å²) in [7, 11) is 0. The summed E-state index contributed by atoms with van der Waals surface area (Å²) in [5.41, 5.74) is 3.02. The number of carboxylic acid groups (broad SMARTS) is 2. The highest BCUT2D eigenvalue weighted by molar-refractivity contribution is 6.33. The first kappa shape index (κ1) is 25.9. The van der Waals surface area contributed by atoms with Gasteiger partial charge in [-0.1, -0.05) is 67.9 Å². The second kappa shape index (κ2) is 14.0. The average molecular weight is 448 g/mol. The lowest BCUT2D eigenvalue weighted by Gasteiger charge is -2.16. The summed E-state index contributed by atoms with van der Waals surface area (Å²) in [5, 5.41) is 16.4. The number of likely N-dealkylation sites (N-methyl/N-ethyl adjacent to an activating group) is 1. The van der Waals surface area contributed by atoms with Gasteiger partial charge in [0.15, 0.2) is 0 Å². The van der Waals surface area contributed by atoms with Crippen molar-refractivity contribution >= 4 is 29.5 Å². The molecular formula is C23H26ClNO6. The Balaban J connectivity index is 0.000000512. The third-order valence-corrected chi connectivity index (χ3v) is 4.48. The molecule has 0 aromatic heterocycles. The van der Waals surface area contributed by atoms with Gasteiger partial charge < -0.3 is 14.9 Å². The van der Waals surface area contributed by atoms with Crippen LogP contribution in [0.5, 0.6) is 0 Å². The van der Waals surface area contributed by atoms with E-state index in [1.165, 1.54) is 0 Å². The number of ether oxygens (including phenoxy) is 1. The van der Waals surface area contributed by atoms with Gasteiger partial charge in [-0.3, -0.25) is 9.69 Å². The molecule has 0 aliphatic rings. The number of carboxylic acids is 2. The van der Waals surface area contributed by atoms with Crippen LogP contribution in [0.25, 0.3) is 11.1 Å². The summed E-state index contributed by atoms with van der Waals surface area (Å²) in [6.45, 7) is 6.39. The standard InChI is InChI=1S/C19H22ClNO2.C4H4O4/c1-3-21(4-2)13-19(22)23-14-15-9-11-16(12-10-15)17-7-5-6-8-18(17)20;5-3(6)1-2-4(7)8/h5-12H,3-4,13-14H2,1-2H3;1-2H,(H,5,6)(H,7,8)/b;2-1+. The number of benzene rings is 2. The van der Waals surface area contributed by atoms with Crippen LogP contribution in [0.15, 0.2) is 60.7 Å². The van der Waals surface area contributed by atoms with Crippen LogP contribution in [-0.4, -0.2) is 52.7 Å².